The van der Waals surface area contributed by atoms with Gasteiger partial charge in [0, 0.05) is 50.4 Å². The van der Waals surface area contributed by atoms with Crippen molar-refractivity contribution in [1.29, 1.82) is 0 Å². The zero-order valence-corrected chi connectivity index (χ0v) is 17.2. The third-order valence-corrected chi connectivity index (χ3v) is 5.03. The molecule has 0 bridgehead atoms. The molecular formula is C20H31ClFN3O2. The minimum atomic E-state index is -0.326. The van der Waals surface area contributed by atoms with Crippen LogP contribution in [0.15, 0.2) is 23.2 Å². The Morgan fingerprint density at radius 3 is 2.74 bits per heavy atom. The van der Waals surface area contributed by atoms with Crippen molar-refractivity contribution in [3.05, 3.63) is 34.6 Å². The Morgan fingerprint density at radius 2 is 2.07 bits per heavy atom. The Labute approximate surface area is 166 Å². The van der Waals surface area contributed by atoms with Gasteiger partial charge in [0.05, 0.1) is 6.10 Å². The second-order valence-corrected chi connectivity index (χ2v) is 7.80. The highest BCUT2D eigenvalue weighted by atomic mass is 35.5. The van der Waals surface area contributed by atoms with Gasteiger partial charge in [0.2, 0.25) is 0 Å². The zero-order valence-electron chi connectivity index (χ0n) is 16.5. The molecule has 0 aromatic heterocycles. The molecule has 0 atom stereocenters. The van der Waals surface area contributed by atoms with Crippen molar-refractivity contribution >= 4 is 17.6 Å². The number of guanidine groups is 1. The molecule has 0 spiro atoms. The fraction of sp³-hybridized carbons (Fsp3) is 0.650. The van der Waals surface area contributed by atoms with E-state index in [9.17, 15) is 4.39 Å². The van der Waals surface area contributed by atoms with Crippen LogP contribution in [0.4, 0.5) is 4.39 Å². The van der Waals surface area contributed by atoms with Gasteiger partial charge in [-0.05, 0) is 37.0 Å². The van der Waals surface area contributed by atoms with Crippen molar-refractivity contribution in [2.24, 2.45) is 4.99 Å². The van der Waals surface area contributed by atoms with E-state index in [1.807, 2.05) is 0 Å². The molecule has 0 aliphatic carbocycles. The summed E-state index contributed by atoms with van der Waals surface area (Å²) in [6.07, 6.45) is 3.21. The van der Waals surface area contributed by atoms with E-state index in [2.05, 4.69) is 29.5 Å². The number of nitrogens with zero attached hydrogens (tertiary/aromatic N) is 1. The normalized spacial score (nSPS) is 16.4. The van der Waals surface area contributed by atoms with Gasteiger partial charge in [-0.1, -0.05) is 31.5 Å². The summed E-state index contributed by atoms with van der Waals surface area (Å²) in [5.41, 5.74) is 0.632. The van der Waals surface area contributed by atoms with Gasteiger partial charge in [0.1, 0.15) is 5.82 Å². The molecule has 0 radical (unpaired) electrons. The van der Waals surface area contributed by atoms with Crippen molar-refractivity contribution in [1.82, 2.24) is 10.6 Å². The molecule has 5 nitrogen and oxygen atoms in total. The molecule has 1 aliphatic heterocycles. The maximum atomic E-state index is 13.3. The van der Waals surface area contributed by atoms with Crippen LogP contribution in [0.5, 0.6) is 0 Å². The number of rotatable bonds is 8. The number of aliphatic imine (C=N–C) groups is 1. The van der Waals surface area contributed by atoms with Crippen molar-refractivity contribution in [2.45, 2.75) is 44.6 Å². The van der Waals surface area contributed by atoms with Crippen LogP contribution in [0, 0.1) is 5.82 Å². The summed E-state index contributed by atoms with van der Waals surface area (Å²) in [4.78, 5) is 4.25. The van der Waals surface area contributed by atoms with Gasteiger partial charge < -0.3 is 20.1 Å². The Balaban J connectivity index is 1.71. The number of hydrogen-bond acceptors (Lipinski definition) is 3. The van der Waals surface area contributed by atoms with Crippen LogP contribution >= 0.6 is 11.6 Å². The molecule has 7 heteroatoms. The highest BCUT2D eigenvalue weighted by Crippen LogP contribution is 2.29. The van der Waals surface area contributed by atoms with E-state index in [0.29, 0.717) is 17.7 Å². The molecule has 0 amide bonds. The molecule has 0 unspecified atom stereocenters. The van der Waals surface area contributed by atoms with Gasteiger partial charge in [-0.25, -0.2) is 4.39 Å². The molecule has 1 heterocycles. The molecule has 27 heavy (non-hydrogen) atoms. The highest BCUT2D eigenvalue weighted by molar-refractivity contribution is 6.31. The smallest absolute Gasteiger partial charge is 0.191 e. The van der Waals surface area contributed by atoms with Crippen LogP contribution < -0.4 is 10.6 Å². The van der Waals surface area contributed by atoms with Crippen molar-refractivity contribution in [2.75, 3.05) is 40.0 Å². The van der Waals surface area contributed by atoms with Crippen LogP contribution in [0.3, 0.4) is 0 Å². The van der Waals surface area contributed by atoms with Gasteiger partial charge in [0.25, 0.3) is 0 Å². The molecule has 1 aromatic carbocycles. The summed E-state index contributed by atoms with van der Waals surface area (Å²) in [6, 6.07) is 4.53. The first kappa shape index (κ1) is 21.9. The first-order chi connectivity index (χ1) is 12.9. The Kier molecular flexibility index (Phi) is 8.80. The Hall–Kier alpha value is -1.37. The van der Waals surface area contributed by atoms with E-state index in [1.54, 1.807) is 13.1 Å². The van der Waals surface area contributed by atoms with Crippen LogP contribution in [0.2, 0.25) is 5.02 Å². The number of halogens is 2. The first-order valence-electron chi connectivity index (χ1n) is 9.52. The molecule has 1 aromatic rings. The number of nitrogens with one attached hydrogen (secondary N) is 2. The summed E-state index contributed by atoms with van der Waals surface area (Å²) in [6.45, 7) is 7.85. The van der Waals surface area contributed by atoms with E-state index in [0.717, 1.165) is 57.2 Å². The van der Waals surface area contributed by atoms with Crippen LogP contribution in [0.25, 0.3) is 0 Å². The molecule has 152 valence electrons. The third kappa shape index (κ3) is 7.28. The summed E-state index contributed by atoms with van der Waals surface area (Å²) in [5, 5.41) is 7.06. The maximum absolute atomic E-state index is 13.3. The van der Waals surface area contributed by atoms with Crippen LogP contribution in [-0.2, 0) is 14.9 Å². The van der Waals surface area contributed by atoms with Crippen molar-refractivity contribution in [3.63, 3.8) is 0 Å². The Bertz CT molecular complexity index is 619. The minimum absolute atomic E-state index is 0.269. The van der Waals surface area contributed by atoms with Gasteiger partial charge >= 0.3 is 0 Å². The molecule has 2 N–H and O–H groups in total. The fourth-order valence-corrected chi connectivity index (χ4v) is 3.45. The summed E-state index contributed by atoms with van der Waals surface area (Å²) in [7, 11) is 1.74. The van der Waals surface area contributed by atoms with Crippen molar-refractivity contribution in [3.8, 4) is 0 Å². The van der Waals surface area contributed by atoms with Gasteiger partial charge in [0.15, 0.2) is 5.96 Å². The van der Waals surface area contributed by atoms with Crippen LogP contribution in [0.1, 0.15) is 38.7 Å². The van der Waals surface area contributed by atoms with E-state index < -0.39 is 0 Å². The lowest BCUT2D eigenvalue weighted by molar-refractivity contribution is -0.0320. The second kappa shape index (κ2) is 10.8. The average Bonchev–Trinajstić information content (AvgIpc) is 2.64. The molecule has 1 fully saturated rings. The fourth-order valence-electron chi connectivity index (χ4n) is 3.03. The summed E-state index contributed by atoms with van der Waals surface area (Å²) in [5.74, 6) is 0.403. The SMILES string of the molecule is CN=C(NCCCOC1CCOCC1)NCC(C)(C)c1ccc(F)cc1Cl. The van der Waals surface area contributed by atoms with Crippen molar-refractivity contribution < 1.29 is 13.9 Å². The van der Waals surface area contributed by atoms with E-state index in [1.165, 1.54) is 12.1 Å². The molecule has 1 aliphatic rings. The monoisotopic (exact) mass is 399 g/mol. The lowest BCUT2D eigenvalue weighted by Gasteiger charge is -2.28. The minimum Gasteiger partial charge on any atom is -0.381 e. The predicted molar refractivity (Wildman–Crippen MR) is 108 cm³/mol. The van der Waals surface area contributed by atoms with E-state index >= 15 is 0 Å². The van der Waals surface area contributed by atoms with Gasteiger partial charge in [-0.15, -0.1) is 0 Å². The van der Waals surface area contributed by atoms with Gasteiger partial charge in [-0.3, -0.25) is 4.99 Å². The summed E-state index contributed by atoms with van der Waals surface area (Å²) < 4.78 is 24.5. The maximum Gasteiger partial charge on any atom is 0.191 e. The molecule has 2 rings (SSSR count). The lowest BCUT2D eigenvalue weighted by atomic mass is 9.84. The van der Waals surface area contributed by atoms with Crippen LogP contribution in [-0.4, -0.2) is 52.0 Å². The number of hydrogen-bond donors (Lipinski definition) is 2. The van der Waals surface area contributed by atoms with Gasteiger partial charge in [-0.2, -0.15) is 0 Å². The quantitative estimate of drug-likeness (QED) is 0.399. The highest BCUT2D eigenvalue weighted by Gasteiger charge is 2.24. The predicted octanol–water partition coefficient (Wildman–Crippen LogP) is 3.51. The largest absolute Gasteiger partial charge is 0.381 e. The number of benzene rings is 1. The second-order valence-electron chi connectivity index (χ2n) is 7.40. The van der Waals surface area contributed by atoms with E-state index in [-0.39, 0.29) is 11.2 Å². The summed E-state index contributed by atoms with van der Waals surface area (Å²) >= 11 is 6.21. The average molecular weight is 400 g/mol. The topological polar surface area (TPSA) is 54.9 Å². The Morgan fingerprint density at radius 1 is 1.33 bits per heavy atom. The van der Waals surface area contributed by atoms with E-state index in [4.69, 9.17) is 21.1 Å². The molecule has 0 saturated carbocycles. The first-order valence-corrected chi connectivity index (χ1v) is 9.89. The number of ether oxygens (including phenoxy) is 2. The third-order valence-electron chi connectivity index (χ3n) is 4.72. The molecular weight excluding hydrogens is 369 g/mol. The lowest BCUT2D eigenvalue weighted by Crippen LogP contribution is -2.44. The zero-order chi connectivity index (χ0) is 19.7. The molecule has 1 saturated heterocycles. The standard InChI is InChI=1S/C20H31ClFN3O2/c1-20(2,17-6-5-15(22)13-18(17)21)14-25-19(23-3)24-9-4-10-27-16-7-11-26-12-8-16/h5-6,13,16H,4,7-12,14H2,1-3H3,(H2,23,24,25).